The van der Waals surface area contributed by atoms with E-state index < -0.39 is 0 Å². The van der Waals surface area contributed by atoms with E-state index in [9.17, 15) is 0 Å². The van der Waals surface area contributed by atoms with E-state index in [0.717, 1.165) is 23.3 Å². The largest absolute Gasteiger partial charge is 0.559 e. The van der Waals surface area contributed by atoms with Gasteiger partial charge in [-0.3, -0.25) is 0 Å². The van der Waals surface area contributed by atoms with Crippen LogP contribution < -0.4 is 0 Å². The number of hydrogen-bond acceptors (Lipinski definition) is 1. The molecule has 0 amide bonds. The monoisotopic (exact) mass is 156 g/mol. The van der Waals surface area contributed by atoms with Crippen LogP contribution in [-0.2, 0) is 4.43 Å². The van der Waals surface area contributed by atoms with Crippen molar-refractivity contribution >= 4 is 10.5 Å². The lowest BCUT2D eigenvalue weighted by Crippen LogP contribution is -1.73. The third kappa shape index (κ3) is 7.50. The molecule has 0 aliphatic rings. The van der Waals surface area contributed by atoms with Gasteiger partial charge in [0, 0.05) is 0 Å². The van der Waals surface area contributed by atoms with Gasteiger partial charge >= 0.3 is 0 Å². The van der Waals surface area contributed by atoms with Gasteiger partial charge in [0.15, 0.2) is 0 Å². The number of hydrogen-bond donors (Lipinski definition) is 0. The number of rotatable bonds is 6. The van der Waals surface area contributed by atoms with Gasteiger partial charge in [0.25, 0.3) is 0 Å². The Kier molecular flexibility index (Phi) is 8.07. The summed E-state index contributed by atoms with van der Waals surface area (Å²) >= 11 is 0. The smallest absolute Gasteiger partial charge is 0.203 e. The molecule has 0 aliphatic carbocycles. The fraction of sp³-hybridized carbons (Fsp3) is 0.500. The van der Waals surface area contributed by atoms with E-state index in [-0.39, 0.29) is 0 Å². The maximum Gasteiger partial charge on any atom is 0.203 e. The molecule has 0 heterocycles. The Labute approximate surface area is 66.3 Å². The zero-order valence-corrected chi connectivity index (χ0v) is 8.68. The molecule has 10 heavy (non-hydrogen) atoms. The molecule has 0 aromatic rings. The van der Waals surface area contributed by atoms with Crippen LogP contribution in [-0.4, -0.2) is 10.5 Å². The van der Waals surface area contributed by atoms with Crippen LogP contribution in [0, 0.1) is 0 Å². The lowest BCUT2D eigenvalue weighted by molar-refractivity contribution is 0.530. The van der Waals surface area contributed by atoms with E-state index in [2.05, 4.69) is 12.7 Å². The van der Waals surface area contributed by atoms with Gasteiger partial charge in [-0.25, -0.2) is 0 Å². The molecule has 0 aromatic carbocycles. The second-order valence-electron chi connectivity index (χ2n) is 2.18. The minimum absolute atomic E-state index is 0.806. The molecule has 0 rings (SSSR count). The first-order valence-electron chi connectivity index (χ1n) is 3.70. The zero-order chi connectivity index (χ0) is 7.66. The van der Waals surface area contributed by atoms with E-state index in [1.54, 1.807) is 6.26 Å². The maximum absolute atomic E-state index is 4.89. The van der Waals surface area contributed by atoms with Crippen molar-refractivity contribution in [3.8, 4) is 0 Å². The minimum Gasteiger partial charge on any atom is -0.559 e. The molecule has 0 aliphatic heterocycles. The molecule has 0 fully saturated rings. The van der Waals surface area contributed by atoms with Crippen LogP contribution in [0.1, 0.15) is 25.7 Å². The molecule has 0 bridgehead atoms. The molecule has 1 nitrogen and oxygen atoms in total. The summed E-state index contributed by atoms with van der Waals surface area (Å²) in [5.74, 6) is 0. The van der Waals surface area contributed by atoms with Crippen LogP contribution in [0.25, 0.3) is 0 Å². The molecule has 2 heteroatoms. The molecule has 0 unspecified atom stereocenters. The number of allylic oxidation sites excluding steroid dienone is 2. The fourth-order valence-corrected chi connectivity index (χ4v) is 0.908. The van der Waals surface area contributed by atoms with Crippen molar-refractivity contribution < 1.29 is 4.43 Å². The zero-order valence-electron chi connectivity index (χ0n) is 6.68. The lowest BCUT2D eigenvalue weighted by atomic mass is 10.2. The average molecular weight is 156 g/mol. The Hall–Kier alpha value is -0.503. The molecule has 0 spiro atoms. The normalized spacial score (nSPS) is 10.4. The van der Waals surface area contributed by atoms with Crippen molar-refractivity contribution in [2.75, 3.05) is 0 Å². The quantitative estimate of drug-likeness (QED) is 0.245. The van der Waals surface area contributed by atoms with Crippen molar-refractivity contribution in [3.63, 3.8) is 0 Å². The van der Waals surface area contributed by atoms with Gasteiger partial charge in [-0.05, 0) is 25.7 Å². The Morgan fingerprint density at radius 2 is 2.00 bits per heavy atom. The summed E-state index contributed by atoms with van der Waals surface area (Å²) in [4.78, 5) is 0. The van der Waals surface area contributed by atoms with Crippen LogP contribution in [0.5, 0.6) is 0 Å². The first kappa shape index (κ1) is 9.50. The van der Waals surface area contributed by atoms with E-state index >= 15 is 0 Å². The lowest BCUT2D eigenvalue weighted by Gasteiger charge is -1.91. The Bertz CT molecular complexity index is 99.4. The fourth-order valence-electron chi connectivity index (χ4n) is 0.715. The van der Waals surface area contributed by atoms with E-state index in [4.69, 9.17) is 4.43 Å². The van der Waals surface area contributed by atoms with Gasteiger partial charge in [0.2, 0.25) is 10.5 Å². The standard InChI is InChI=1S/C8H16OSi/c1-2-3-4-5-6-7-8-9-10/h2,7-8H,1,3-6H2,10H3/b8-7+. The van der Waals surface area contributed by atoms with Gasteiger partial charge in [-0.15, -0.1) is 6.58 Å². The summed E-state index contributed by atoms with van der Waals surface area (Å²) in [5, 5.41) is 0. The topological polar surface area (TPSA) is 9.23 Å². The highest BCUT2D eigenvalue weighted by Crippen LogP contribution is 2.00. The van der Waals surface area contributed by atoms with Crippen molar-refractivity contribution in [2.24, 2.45) is 0 Å². The molecular weight excluding hydrogens is 140 g/mol. The highest BCUT2D eigenvalue weighted by molar-refractivity contribution is 5.98. The van der Waals surface area contributed by atoms with E-state index in [0.29, 0.717) is 0 Å². The van der Waals surface area contributed by atoms with Crippen LogP contribution in [0.3, 0.4) is 0 Å². The summed E-state index contributed by atoms with van der Waals surface area (Å²) in [5.41, 5.74) is 0. The van der Waals surface area contributed by atoms with Crippen molar-refractivity contribution in [3.05, 3.63) is 25.0 Å². The van der Waals surface area contributed by atoms with Crippen molar-refractivity contribution in [1.29, 1.82) is 0 Å². The first-order chi connectivity index (χ1) is 4.91. The molecule has 0 saturated heterocycles. The van der Waals surface area contributed by atoms with Crippen molar-refractivity contribution in [1.82, 2.24) is 0 Å². The SMILES string of the molecule is C=CCCCC/C=C/O[SiH3]. The maximum atomic E-state index is 4.89. The van der Waals surface area contributed by atoms with E-state index in [1.807, 2.05) is 6.08 Å². The summed E-state index contributed by atoms with van der Waals surface area (Å²) in [7, 11) is 0.806. The van der Waals surface area contributed by atoms with E-state index in [1.165, 1.54) is 12.8 Å². The molecular formula is C8H16OSi. The molecule has 0 aromatic heterocycles. The van der Waals surface area contributed by atoms with Crippen molar-refractivity contribution in [2.45, 2.75) is 25.7 Å². The van der Waals surface area contributed by atoms with Gasteiger partial charge in [0.05, 0.1) is 6.26 Å². The van der Waals surface area contributed by atoms with Crippen LogP contribution in [0.4, 0.5) is 0 Å². The molecule has 0 radical (unpaired) electrons. The third-order valence-electron chi connectivity index (χ3n) is 1.26. The summed E-state index contributed by atoms with van der Waals surface area (Å²) in [6.07, 6.45) is 10.6. The Balaban J connectivity index is 2.89. The molecule has 58 valence electrons. The number of unbranched alkanes of at least 4 members (excludes halogenated alkanes) is 3. The second-order valence-corrected chi connectivity index (χ2v) is 2.65. The van der Waals surface area contributed by atoms with Gasteiger partial charge in [-0.1, -0.05) is 12.2 Å². The third-order valence-corrected chi connectivity index (χ3v) is 1.53. The van der Waals surface area contributed by atoms with Crippen LogP contribution in [0.15, 0.2) is 25.0 Å². The van der Waals surface area contributed by atoms with Crippen LogP contribution in [0.2, 0.25) is 0 Å². The highest BCUT2D eigenvalue weighted by Gasteiger charge is 1.81. The highest BCUT2D eigenvalue weighted by atomic mass is 28.2. The molecule has 0 saturated carbocycles. The van der Waals surface area contributed by atoms with Gasteiger partial charge in [-0.2, -0.15) is 0 Å². The summed E-state index contributed by atoms with van der Waals surface area (Å²) in [6, 6.07) is 0. The molecule has 0 atom stereocenters. The van der Waals surface area contributed by atoms with Gasteiger partial charge in [0.1, 0.15) is 0 Å². The predicted octanol–water partition coefficient (Wildman–Crippen LogP) is 1.54. The molecule has 0 N–H and O–H groups in total. The van der Waals surface area contributed by atoms with Crippen LogP contribution >= 0.6 is 0 Å². The summed E-state index contributed by atoms with van der Waals surface area (Å²) in [6.45, 7) is 3.66. The Morgan fingerprint density at radius 1 is 1.30 bits per heavy atom. The average Bonchev–Trinajstić information content (AvgIpc) is 1.97. The first-order valence-corrected chi connectivity index (χ1v) is 4.52. The van der Waals surface area contributed by atoms with Gasteiger partial charge < -0.3 is 4.43 Å². The minimum atomic E-state index is 0.806. The predicted molar refractivity (Wildman–Crippen MR) is 48.8 cm³/mol. The Morgan fingerprint density at radius 3 is 2.60 bits per heavy atom. The second kappa shape index (κ2) is 8.50. The summed E-state index contributed by atoms with van der Waals surface area (Å²) < 4.78 is 4.89.